The summed E-state index contributed by atoms with van der Waals surface area (Å²) in [5.41, 5.74) is -0.366. The third kappa shape index (κ3) is 7.43. The zero-order valence-corrected chi connectivity index (χ0v) is 11.1. The number of nitrogens with one attached hydrogen (secondary N) is 1. The van der Waals surface area contributed by atoms with Gasteiger partial charge in [-0.15, -0.1) is 0 Å². The second-order valence-corrected chi connectivity index (χ2v) is 5.26. The number of rotatable bonds is 7. The van der Waals surface area contributed by atoms with Crippen LogP contribution in [0.15, 0.2) is 0 Å². The van der Waals surface area contributed by atoms with E-state index in [1.807, 2.05) is 20.8 Å². The highest BCUT2D eigenvalue weighted by atomic mass is 16.2. The van der Waals surface area contributed by atoms with Crippen LogP contribution >= 0.6 is 0 Å². The van der Waals surface area contributed by atoms with Gasteiger partial charge in [0.25, 0.3) is 0 Å². The first-order valence-corrected chi connectivity index (χ1v) is 6.18. The third-order valence-electron chi connectivity index (χ3n) is 2.54. The van der Waals surface area contributed by atoms with Crippen molar-refractivity contribution in [2.45, 2.75) is 59.8 Å². The molecule has 1 amide bonds. The molecule has 0 heterocycles. The molecule has 0 spiro atoms. The smallest absolute Gasteiger partial charge is 0.220 e. The summed E-state index contributed by atoms with van der Waals surface area (Å²) in [5.74, 6) is 0.0723. The largest absolute Gasteiger partial charge is 0.349 e. The fourth-order valence-corrected chi connectivity index (χ4v) is 1.24. The highest BCUT2D eigenvalue weighted by molar-refractivity contribution is 5.89. The van der Waals surface area contributed by atoms with Crippen molar-refractivity contribution >= 4 is 11.7 Å². The lowest BCUT2D eigenvalue weighted by Gasteiger charge is -2.16. The van der Waals surface area contributed by atoms with Gasteiger partial charge in [0.05, 0.1) is 6.54 Å². The SMILES string of the molecule is CCCCCCC(=O)NCC(=O)C(C)(C)C. The van der Waals surface area contributed by atoms with Crippen molar-refractivity contribution in [3.05, 3.63) is 0 Å². The summed E-state index contributed by atoms with van der Waals surface area (Å²) in [7, 11) is 0. The molecule has 0 aliphatic heterocycles. The number of carbonyl (C=O) groups excluding carboxylic acids is 2. The van der Waals surface area contributed by atoms with Gasteiger partial charge in [-0.3, -0.25) is 9.59 Å². The summed E-state index contributed by atoms with van der Waals surface area (Å²) < 4.78 is 0. The number of hydrogen-bond donors (Lipinski definition) is 1. The molecule has 0 aromatic carbocycles. The average molecular weight is 227 g/mol. The molecule has 3 nitrogen and oxygen atoms in total. The quantitative estimate of drug-likeness (QED) is 0.680. The Morgan fingerprint density at radius 1 is 1.06 bits per heavy atom. The number of ketones is 1. The summed E-state index contributed by atoms with van der Waals surface area (Å²) in [6, 6.07) is 0. The highest BCUT2D eigenvalue weighted by Crippen LogP contribution is 2.13. The maximum atomic E-state index is 11.5. The van der Waals surface area contributed by atoms with Gasteiger partial charge in [0.2, 0.25) is 5.91 Å². The minimum atomic E-state index is -0.366. The standard InChI is InChI=1S/C13H25NO2/c1-5-6-7-8-9-12(16)14-10-11(15)13(2,3)4/h5-10H2,1-4H3,(H,14,16). The van der Waals surface area contributed by atoms with E-state index < -0.39 is 0 Å². The van der Waals surface area contributed by atoms with E-state index in [0.29, 0.717) is 6.42 Å². The Balaban J connectivity index is 3.62. The van der Waals surface area contributed by atoms with Crippen molar-refractivity contribution < 1.29 is 9.59 Å². The van der Waals surface area contributed by atoms with Crippen LogP contribution in [0, 0.1) is 5.41 Å². The summed E-state index contributed by atoms with van der Waals surface area (Å²) in [4.78, 5) is 22.9. The van der Waals surface area contributed by atoms with Gasteiger partial charge in [0, 0.05) is 11.8 Å². The normalized spacial score (nSPS) is 11.2. The monoisotopic (exact) mass is 227 g/mol. The Hall–Kier alpha value is -0.860. The van der Waals surface area contributed by atoms with Gasteiger partial charge < -0.3 is 5.32 Å². The van der Waals surface area contributed by atoms with E-state index in [4.69, 9.17) is 0 Å². The lowest BCUT2D eigenvalue weighted by molar-refractivity contribution is -0.129. The molecule has 0 fully saturated rings. The van der Waals surface area contributed by atoms with E-state index >= 15 is 0 Å². The summed E-state index contributed by atoms with van der Waals surface area (Å²) in [6.07, 6.45) is 4.90. The number of unbranched alkanes of at least 4 members (excludes halogenated alkanes) is 3. The molecule has 0 saturated carbocycles. The predicted octanol–water partition coefficient (Wildman–Crippen LogP) is 2.69. The van der Waals surface area contributed by atoms with E-state index in [9.17, 15) is 9.59 Å². The van der Waals surface area contributed by atoms with Crippen LogP contribution in [0.1, 0.15) is 59.8 Å². The molecular weight excluding hydrogens is 202 g/mol. The highest BCUT2D eigenvalue weighted by Gasteiger charge is 2.20. The molecule has 0 saturated heterocycles. The van der Waals surface area contributed by atoms with Crippen LogP contribution in [0.25, 0.3) is 0 Å². The molecule has 3 heteroatoms. The minimum Gasteiger partial charge on any atom is -0.349 e. The number of amides is 1. The van der Waals surface area contributed by atoms with Gasteiger partial charge in [-0.25, -0.2) is 0 Å². The van der Waals surface area contributed by atoms with Crippen LogP contribution in [-0.4, -0.2) is 18.2 Å². The number of Topliss-reactive ketones (excluding diaryl/α,β-unsaturated/α-hetero) is 1. The lowest BCUT2D eigenvalue weighted by atomic mass is 9.91. The van der Waals surface area contributed by atoms with Crippen LogP contribution in [-0.2, 0) is 9.59 Å². The van der Waals surface area contributed by atoms with Crippen molar-refractivity contribution in [3.63, 3.8) is 0 Å². The van der Waals surface area contributed by atoms with Gasteiger partial charge in [0.1, 0.15) is 0 Å². The summed E-state index contributed by atoms with van der Waals surface area (Å²) in [6.45, 7) is 7.90. The first-order chi connectivity index (χ1) is 7.38. The summed E-state index contributed by atoms with van der Waals surface area (Å²) in [5, 5.41) is 2.68. The van der Waals surface area contributed by atoms with Crippen molar-refractivity contribution in [1.82, 2.24) is 5.32 Å². The van der Waals surface area contributed by atoms with Gasteiger partial charge in [0.15, 0.2) is 5.78 Å². The maximum Gasteiger partial charge on any atom is 0.220 e. The predicted molar refractivity (Wildman–Crippen MR) is 66.2 cm³/mol. The average Bonchev–Trinajstić information content (AvgIpc) is 2.19. The van der Waals surface area contributed by atoms with E-state index in [2.05, 4.69) is 12.2 Å². The first kappa shape index (κ1) is 15.1. The Morgan fingerprint density at radius 3 is 2.19 bits per heavy atom. The molecule has 16 heavy (non-hydrogen) atoms. The molecule has 0 bridgehead atoms. The van der Waals surface area contributed by atoms with Crippen LogP contribution in [0.2, 0.25) is 0 Å². The molecule has 0 aliphatic rings. The van der Waals surface area contributed by atoms with E-state index in [-0.39, 0.29) is 23.7 Å². The fourth-order valence-electron chi connectivity index (χ4n) is 1.24. The molecule has 0 atom stereocenters. The first-order valence-electron chi connectivity index (χ1n) is 6.18. The molecule has 0 aromatic rings. The van der Waals surface area contributed by atoms with Crippen molar-refractivity contribution in [3.8, 4) is 0 Å². The topological polar surface area (TPSA) is 46.2 Å². The molecule has 0 rings (SSSR count). The maximum absolute atomic E-state index is 11.5. The van der Waals surface area contributed by atoms with E-state index in [1.165, 1.54) is 12.8 Å². The molecular formula is C13H25NO2. The number of carbonyl (C=O) groups is 2. The Morgan fingerprint density at radius 2 is 1.69 bits per heavy atom. The van der Waals surface area contributed by atoms with Crippen molar-refractivity contribution in [1.29, 1.82) is 0 Å². The van der Waals surface area contributed by atoms with Crippen LogP contribution in [0.3, 0.4) is 0 Å². The van der Waals surface area contributed by atoms with Gasteiger partial charge >= 0.3 is 0 Å². The molecule has 94 valence electrons. The number of hydrogen-bond acceptors (Lipinski definition) is 2. The Labute approximate surface area is 99.0 Å². The van der Waals surface area contributed by atoms with Crippen LogP contribution < -0.4 is 5.32 Å². The second-order valence-electron chi connectivity index (χ2n) is 5.26. The third-order valence-corrected chi connectivity index (χ3v) is 2.54. The molecule has 0 unspecified atom stereocenters. The van der Waals surface area contributed by atoms with E-state index in [0.717, 1.165) is 12.8 Å². The van der Waals surface area contributed by atoms with Crippen LogP contribution in [0.4, 0.5) is 0 Å². The zero-order chi connectivity index (χ0) is 12.6. The van der Waals surface area contributed by atoms with Crippen LogP contribution in [0.5, 0.6) is 0 Å². The van der Waals surface area contributed by atoms with Crippen molar-refractivity contribution in [2.24, 2.45) is 5.41 Å². The minimum absolute atomic E-state index is 0.00583. The Bertz CT molecular complexity index is 229. The molecule has 0 radical (unpaired) electrons. The van der Waals surface area contributed by atoms with Gasteiger partial charge in [-0.05, 0) is 6.42 Å². The second kappa shape index (κ2) is 7.42. The van der Waals surface area contributed by atoms with Crippen molar-refractivity contribution in [2.75, 3.05) is 6.54 Å². The molecule has 1 N–H and O–H groups in total. The van der Waals surface area contributed by atoms with Gasteiger partial charge in [-0.2, -0.15) is 0 Å². The van der Waals surface area contributed by atoms with Gasteiger partial charge in [-0.1, -0.05) is 47.0 Å². The zero-order valence-electron chi connectivity index (χ0n) is 11.1. The molecule has 0 aliphatic carbocycles. The molecule has 0 aromatic heterocycles. The summed E-state index contributed by atoms with van der Waals surface area (Å²) >= 11 is 0. The lowest BCUT2D eigenvalue weighted by Crippen LogP contribution is -2.35. The Kier molecular flexibility index (Phi) is 7.02. The fraction of sp³-hybridized carbons (Fsp3) is 0.846. The van der Waals surface area contributed by atoms with E-state index in [1.54, 1.807) is 0 Å².